The first-order valence-electron chi connectivity index (χ1n) is 4.09. The molecule has 12 heavy (non-hydrogen) atoms. The molecule has 1 atom stereocenters. The number of nitrogens with zero attached hydrogens (tertiary/aromatic N) is 1. The van der Waals surface area contributed by atoms with Gasteiger partial charge in [-0.1, -0.05) is 12.2 Å². The van der Waals surface area contributed by atoms with Crippen molar-refractivity contribution < 1.29 is 4.79 Å². The Morgan fingerprint density at radius 1 is 1.58 bits per heavy atom. The van der Waals surface area contributed by atoms with E-state index >= 15 is 0 Å². The monoisotopic (exact) mass is 165 g/mol. The molecule has 0 aliphatic rings. The van der Waals surface area contributed by atoms with Crippen LogP contribution < -0.4 is 0 Å². The van der Waals surface area contributed by atoms with Crippen LogP contribution in [0.1, 0.15) is 33.1 Å². The Balaban J connectivity index is 3.89. The molecule has 0 heterocycles. The number of carbonyl (C=O) groups excluding carboxylic acids is 1. The third kappa shape index (κ3) is 4.68. The molecule has 0 spiro atoms. The van der Waals surface area contributed by atoms with Crippen LogP contribution in [0, 0.1) is 17.2 Å². The molecule has 0 N–H and O–H groups in total. The zero-order valence-electron chi connectivity index (χ0n) is 7.76. The zero-order valence-corrected chi connectivity index (χ0v) is 7.76. The van der Waals surface area contributed by atoms with Crippen LogP contribution in [0.5, 0.6) is 0 Å². The summed E-state index contributed by atoms with van der Waals surface area (Å²) in [5.74, 6) is 0.373. The number of allylic oxidation sites excluding steroid dienone is 1. The van der Waals surface area contributed by atoms with Gasteiger partial charge in [-0.3, -0.25) is 0 Å². The average molecular weight is 165 g/mol. The second-order valence-corrected chi connectivity index (χ2v) is 3.15. The molecule has 0 aliphatic carbocycles. The molecule has 2 nitrogen and oxygen atoms in total. The lowest BCUT2D eigenvalue weighted by Gasteiger charge is -2.11. The van der Waals surface area contributed by atoms with Crippen molar-refractivity contribution in [1.29, 1.82) is 5.26 Å². The average Bonchev–Trinajstić information content (AvgIpc) is 1.96. The molecular weight excluding hydrogens is 150 g/mol. The lowest BCUT2D eigenvalue weighted by atomic mass is 9.93. The van der Waals surface area contributed by atoms with Crippen LogP contribution >= 0.6 is 0 Å². The summed E-state index contributed by atoms with van der Waals surface area (Å²) in [4.78, 5) is 10.7. The van der Waals surface area contributed by atoms with E-state index in [9.17, 15) is 4.79 Å². The van der Waals surface area contributed by atoms with Crippen molar-refractivity contribution >= 4 is 5.78 Å². The van der Waals surface area contributed by atoms with E-state index in [4.69, 9.17) is 5.26 Å². The summed E-state index contributed by atoms with van der Waals surface area (Å²) in [6, 6.07) is 2.10. The zero-order chi connectivity index (χ0) is 9.56. The van der Waals surface area contributed by atoms with Crippen molar-refractivity contribution in [3.05, 3.63) is 12.2 Å². The van der Waals surface area contributed by atoms with Crippen LogP contribution in [0.4, 0.5) is 0 Å². The molecule has 0 amide bonds. The van der Waals surface area contributed by atoms with Gasteiger partial charge < -0.3 is 4.79 Å². The van der Waals surface area contributed by atoms with Crippen molar-refractivity contribution in [3.63, 3.8) is 0 Å². The third-order valence-electron chi connectivity index (χ3n) is 1.88. The maximum atomic E-state index is 10.7. The maximum absolute atomic E-state index is 10.7. The van der Waals surface area contributed by atoms with Gasteiger partial charge in [0.15, 0.2) is 0 Å². The highest BCUT2D eigenvalue weighted by molar-refractivity contribution is 5.75. The fourth-order valence-electron chi connectivity index (χ4n) is 1.01. The Hall–Kier alpha value is -1.10. The Morgan fingerprint density at radius 3 is 2.50 bits per heavy atom. The highest BCUT2D eigenvalue weighted by Gasteiger charge is 2.09. The van der Waals surface area contributed by atoms with E-state index in [-0.39, 0.29) is 11.7 Å². The molecule has 0 aliphatic heterocycles. The summed E-state index contributed by atoms with van der Waals surface area (Å²) < 4.78 is 0. The number of hydrogen-bond donors (Lipinski definition) is 0. The van der Waals surface area contributed by atoms with E-state index in [0.29, 0.717) is 12.8 Å². The van der Waals surface area contributed by atoms with Crippen molar-refractivity contribution in [2.45, 2.75) is 33.1 Å². The summed E-state index contributed by atoms with van der Waals surface area (Å²) >= 11 is 0. The van der Waals surface area contributed by atoms with E-state index in [0.717, 1.165) is 12.0 Å². The number of ketones is 1. The SMILES string of the molecule is C=C(C)[C@@H](CC#N)CCC(C)=O. The van der Waals surface area contributed by atoms with E-state index < -0.39 is 0 Å². The second-order valence-electron chi connectivity index (χ2n) is 3.15. The molecule has 0 radical (unpaired) electrons. The van der Waals surface area contributed by atoms with Crippen LogP contribution in [0.2, 0.25) is 0 Å². The first-order chi connectivity index (χ1) is 5.57. The molecule has 0 unspecified atom stereocenters. The predicted octanol–water partition coefficient (Wildman–Crippen LogP) is 2.46. The van der Waals surface area contributed by atoms with Gasteiger partial charge in [0, 0.05) is 12.8 Å². The Bertz CT molecular complexity index is 212. The fraction of sp³-hybridized carbons (Fsp3) is 0.600. The molecule has 0 rings (SSSR count). The molecule has 66 valence electrons. The van der Waals surface area contributed by atoms with Crippen LogP contribution in [0.25, 0.3) is 0 Å². The van der Waals surface area contributed by atoms with Gasteiger partial charge in [-0.2, -0.15) is 5.26 Å². The number of Topliss-reactive ketones (excluding diaryl/α,β-unsaturated/α-hetero) is 1. The molecular formula is C10H15NO. The van der Waals surface area contributed by atoms with Gasteiger partial charge in [0.05, 0.1) is 6.07 Å². The van der Waals surface area contributed by atoms with Gasteiger partial charge in [0.2, 0.25) is 0 Å². The number of rotatable bonds is 5. The van der Waals surface area contributed by atoms with Crippen molar-refractivity contribution in [1.82, 2.24) is 0 Å². The topological polar surface area (TPSA) is 40.9 Å². The van der Waals surface area contributed by atoms with Gasteiger partial charge in [0.25, 0.3) is 0 Å². The number of hydrogen-bond acceptors (Lipinski definition) is 2. The highest BCUT2D eigenvalue weighted by Crippen LogP contribution is 2.18. The van der Waals surface area contributed by atoms with E-state index in [1.54, 1.807) is 6.92 Å². The van der Waals surface area contributed by atoms with E-state index in [1.807, 2.05) is 6.92 Å². The summed E-state index contributed by atoms with van der Waals surface area (Å²) in [6.07, 6.45) is 1.79. The molecule has 0 aromatic carbocycles. The van der Waals surface area contributed by atoms with Crippen LogP contribution in [0.15, 0.2) is 12.2 Å². The highest BCUT2D eigenvalue weighted by atomic mass is 16.1. The van der Waals surface area contributed by atoms with Gasteiger partial charge >= 0.3 is 0 Å². The van der Waals surface area contributed by atoms with Crippen molar-refractivity contribution in [3.8, 4) is 6.07 Å². The molecule has 0 saturated carbocycles. The van der Waals surface area contributed by atoms with Gasteiger partial charge in [-0.05, 0) is 26.2 Å². The van der Waals surface area contributed by atoms with Gasteiger partial charge in [-0.25, -0.2) is 0 Å². The first-order valence-corrected chi connectivity index (χ1v) is 4.09. The summed E-state index contributed by atoms with van der Waals surface area (Å²) in [6.45, 7) is 7.27. The first kappa shape index (κ1) is 10.9. The van der Waals surface area contributed by atoms with Gasteiger partial charge in [0.1, 0.15) is 5.78 Å². The van der Waals surface area contributed by atoms with Crippen LogP contribution in [-0.2, 0) is 4.79 Å². The Kier molecular flexibility index (Phi) is 5.03. The Morgan fingerprint density at radius 2 is 2.17 bits per heavy atom. The molecule has 0 bridgehead atoms. The molecule has 0 saturated heterocycles. The van der Waals surface area contributed by atoms with Crippen molar-refractivity contribution in [2.24, 2.45) is 5.92 Å². The molecule has 2 heteroatoms. The van der Waals surface area contributed by atoms with Crippen LogP contribution in [0.3, 0.4) is 0 Å². The van der Waals surface area contributed by atoms with Crippen LogP contribution in [-0.4, -0.2) is 5.78 Å². The number of carbonyl (C=O) groups is 1. The smallest absolute Gasteiger partial charge is 0.129 e. The Labute approximate surface area is 73.9 Å². The summed E-state index contributed by atoms with van der Waals surface area (Å²) in [7, 11) is 0. The summed E-state index contributed by atoms with van der Waals surface area (Å²) in [5.41, 5.74) is 0.998. The minimum absolute atomic E-state index is 0.180. The quantitative estimate of drug-likeness (QED) is 0.587. The second kappa shape index (κ2) is 5.54. The molecule has 0 aromatic heterocycles. The minimum Gasteiger partial charge on any atom is -0.300 e. The maximum Gasteiger partial charge on any atom is 0.129 e. The summed E-state index contributed by atoms with van der Waals surface area (Å²) in [5, 5.41) is 8.47. The standard InChI is InChI=1S/C10H15NO/c1-8(2)10(6-7-11)5-4-9(3)12/h10H,1,4-6H2,2-3H3/t10-/m1/s1. The van der Waals surface area contributed by atoms with Gasteiger partial charge in [-0.15, -0.1) is 0 Å². The predicted molar refractivity (Wildman–Crippen MR) is 48.4 cm³/mol. The third-order valence-corrected chi connectivity index (χ3v) is 1.88. The lowest BCUT2D eigenvalue weighted by Crippen LogP contribution is -2.03. The molecule has 0 fully saturated rings. The normalized spacial score (nSPS) is 11.8. The fourth-order valence-corrected chi connectivity index (χ4v) is 1.01. The molecule has 0 aromatic rings. The van der Waals surface area contributed by atoms with E-state index in [1.165, 1.54) is 0 Å². The van der Waals surface area contributed by atoms with Crippen molar-refractivity contribution in [2.75, 3.05) is 0 Å². The lowest BCUT2D eigenvalue weighted by molar-refractivity contribution is -0.117. The largest absolute Gasteiger partial charge is 0.300 e. The number of nitriles is 1. The minimum atomic E-state index is 0.180. The van der Waals surface area contributed by atoms with E-state index in [2.05, 4.69) is 12.6 Å².